The highest BCUT2D eigenvalue weighted by atomic mass is 35.5. The quantitative estimate of drug-likeness (QED) is 0.395. The maximum absolute atomic E-state index is 11.2. The van der Waals surface area contributed by atoms with Gasteiger partial charge in [0.25, 0.3) is 0 Å². The van der Waals surface area contributed by atoms with Crippen molar-refractivity contribution in [3.63, 3.8) is 0 Å². The van der Waals surface area contributed by atoms with Crippen LogP contribution in [0.3, 0.4) is 0 Å². The molecular weight excluding hydrogens is 515 g/mol. The smallest absolute Gasteiger partial charge is 0.411 e. The minimum absolute atomic E-state index is 0. The van der Waals surface area contributed by atoms with Gasteiger partial charge in [0.1, 0.15) is 24.4 Å². The summed E-state index contributed by atoms with van der Waals surface area (Å²) in [6, 6.07) is 6.89. The molecule has 2 heterocycles. The minimum atomic E-state index is -1.01. The Morgan fingerprint density at radius 1 is 1.28 bits per heavy atom. The first-order chi connectivity index (χ1) is 16.4. The van der Waals surface area contributed by atoms with Crippen LogP contribution in [0.25, 0.3) is 0 Å². The zero-order valence-electron chi connectivity index (χ0n) is 21.7. The van der Waals surface area contributed by atoms with Gasteiger partial charge >= 0.3 is 6.09 Å². The molecule has 2 fully saturated rings. The Kier molecular flexibility index (Phi) is 13.9. The molecule has 2 aliphatic heterocycles. The van der Waals surface area contributed by atoms with E-state index >= 15 is 0 Å². The molecule has 3 rings (SSSR count). The fourth-order valence-electron chi connectivity index (χ4n) is 3.64. The van der Waals surface area contributed by atoms with E-state index in [0.29, 0.717) is 17.3 Å². The molecule has 36 heavy (non-hydrogen) atoms. The number of rotatable bonds is 9. The summed E-state index contributed by atoms with van der Waals surface area (Å²) in [4.78, 5) is 13.2. The molecule has 1 amide bonds. The van der Waals surface area contributed by atoms with Gasteiger partial charge in [-0.2, -0.15) is 0 Å². The van der Waals surface area contributed by atoms with Crippen LogP contribution in [0.15, 0.2) is 24.3 Å². The number of hydrogen-bond donors (Lipinski definition) is 3. The molecule has 2 aliphatic rings. The van der Waals surface area contributed by atoms with Gasteiger partial charge in [-0.15, -0.1) is 12.4 Å². The highest BCUT2D eigenvalue weighted by Gasteiger charge is 2.56. The zero-order chi connectivity index (χ0) is 26.2. The van der Waals surface area contributed by atoms with Crippen molar-refractivity contribution in [2.24, 2.45) is 0 Å². The summed E-state index contributed by atoms with van der Waals surface area (Å²) in [5.74, 6) is -0.726. The van der Waals surface area contributed by atoms with Gasteiger partial charge in [-0.05, 0) is 73.0 Å². The molecule has 0 bridgehead atoms. The van der Waals surface area contributed by atoms with Crippen molar-refractivity contribution in [3.8, 4) is 0 Å². The molecule has 3 N–H and O–H groups in total. The number of aliphatic hydroxyl groups is 2. The Balaban J connectivity index is 0.000000379. The van der Waals surface area contributed by atoms with Crippen molar-refractivity contribution in [2.45, 2.75) is 76.7 Å². The maximum Gasteiger partial charge on any atom is 0.411 e. The molecule has 5 unspecified atom stereocenters. The molecule has 2 saturated heterocycles. The SMILES string of the molecule is CC(C)OC(=O)Nc1cccc(Cl)c1.CN(C)CCCOC1C(C(O)CO)OC2OC(C)(C)OC21.Cl. The first-order valence-electron chi connectivity index (χ1n) is 11.7. The highest BCUT2D eigenvalue weighted by molar-refractivity contribution is 6.30. The van der Waals surface area contributed by atoms with Crippen LogP contribution in [-0.2, 0) is 23.7 Å². The molecule has 0 radical (unpaired) electrons. The first kappa shape index (κ1) is 32.8. The summed E-state index contributed by atoms with van der Waals surface area (Å²) in [5.41, 5.74) is 0.628. The van der Waals surface area contributed by atoms with E-state index in [1.165, 1.54) is 0 Å². The van der Waals surface area contributed by atoms with Gasteiger partial charge in [-0.3, -0.25) is 5.32 Å². The standard InChI is InChI=1S/C14H27NO6.C10H12ClNO2.ClH/c1-14(2)20-12-11(18-7-5-6-15(3)4)10(9(17)8-16)19-13(12)21-14;1-7(2)14-10(13)12-9-5-3-4-8(11)6-9;/h9-13,16-17H,5-8H2,1-4H3;3-7H,1-2H3,(H,12,13);1H. The number of carbonyl (C=O) groups excluding carboxylic acids is 1. The molecule has 1 aromatic rings. The summed E-state index contributed by atoms with van der Waals surface area (Å²) in [7, 11) is 4.01. The van der Waals surface area contributed by atoms with Crippen molar-refractivity contribution >= 4 is 35.8 Å². The van der Waals surface area contributed by atoms with E-state index < -0.39 is 36.5 Å². The zero-order valence-corrected chi connectivity index (χ0v) is 23.3. The third-order valence-corrected chi connectivity index (χ3v) is 5.30. The number of anilines is 1. The van der Waals surface area contributed by atoms with Crippen molar-refractivity contribution in [3.05, 3.63) is 29.3 Å². The van der Waals surface area contributed by atoms with Gasteiger partial charge in [0.05, 0.1) is 12.7 Å². The second-order valence-electron chi connectivity index (χ2n) is 9.40. The Morgan fingerprint density at radius 2 is 1.97 bits per heavy atom. The van der Waals surface area contributed by atoms with Gasteiger partial charge in [0, 0.05) is 17.3 Å². The molecule has 1 aromatic carbocycles. The average molecular weight is 555 g/mol. The summed E-state index contributed by atoms with van der Waals surface area (Å²) in [5, 5.41) is 22.2. The fourth-order valence-corrected chi connectivity index (χ4v) is 3.83. The van der Waals surface area contributed by atoms with Crippen LogP contribution in [0, 0.1) is 0 Å². The lowest BCUT2D eigenvalue weighted by atomic mass is 10.1. The van der Waals surface area contributed by atoms with Gasteiger partial charge < -0.3 is 38.8 Å². The number of halogens is 2. The van der Waals surface area contributed by atoms with Gasteiger partial charge in [0.15, 0.2) is 12.1 Å². The number of fused-ring (bicyclic) bond motifs is 1. The van der Waals surface area contributed by atoms with Crippen LogP contribution in [-0.4, -0.2) is 97.7 Å². The first-order valence-corrected chi connectivity index (χ1v) is 12.1. The molecule has 0 spiro atoms. The molecule has 0 aliphatic carbocycles. The number of nitrogens with one attached hydrogen (secondary N) is 1. The van der Waals surface area contributed by atoms with Crippen LogP contribution in [0.5, 0.6) is 0 Å². The normalized spacial score (nSPS) is 25.0. The molecular formula is C24H40Cl2N2O8. The van der Waals surface area contributed by atoms with Crippen molar-refractivity contribution in [1.82, 2.24) is 4.90 Å². The van der Waals surface area contributed by atoms with E-state index in [2.05, 4.69) is 10.2 Å². The predicted molar refractivity (Wildman–Crippen MR) is 139 cm³/mol. The number of carbonyl (C=O) groups is 1. The molecule has 5 atom stereocenters. The number of amides is 1. The third-order valence-electron chi connectivity index (χ3n) is 5.07. The van der Waals surface area contributed by atoms with Crippen molar-refractivity contribution < 1.29 is 38.7 Å². The monoisotopic (exact) mass is 554 g/mol. The summed E-state index contributed by atoms with van der Waals surface area (Å²) in [6.07, 6.45) is -2.77. The topological polar surface area (TPSA) is 119 Å². The Morgan fingerprint density at radius 3 is 2.56 bits per heavy atom. The Labute approximate surface area is 224 Å². The highest BCUT2D eigenvalue weighted by Crippen LogP contribution is 2.39. The van der Waals surface area contributed by atoms with E-state index in [-0.39, 0.29) is 31.2 Å². The number of aliphatic hydroxyl groups excluding tert-OH is 2. The second kappa shape index (κ2) is 15.3. The predicted octanol–water partition coefficient (Wildman–Crippen LogP) is 3.27. The van der Waals surface area contributed by atoms with Crippen LogP contribution in [0.2, 0.25) is 5.02 Å². The summed E-state index contributed by atoms with van der Waals surface area (Å²) < 4.78 is 27.9. The number of ether oxygens (including phenoxy) is 5. The molecule has 208 valence electrons. The lowest BCUT2D eigenvalue weighted by Gasteiger charge is -2.28. The van der Waals surface area contributed by atoms with Gasteiger partial charge in [0.2, 0.25) is 0 Å². The molecule has 0 aromatic heterocycles. The molecule has 10 nitrogen and oxygen atoms in total. The summed E-state index contributed by atoms with van der Waals surface area (Å²) in [6.45, 7) is 8.27. The van der Waals surface area contributed by atoms with Crippen LogP contribution < -0.4 is 5.32 Å². The fraction of sp³-hybridized carbons (Fsp3) is 0.708. The van der Waals surface area contributed by atoms with E-state index in [1.807, 2.05) is 27.9 Å². The van der Waals surface area contributed by atoms with Gasteiger partial charge in [-0.1, -0.05) is 17.7 Å². The van der Waals surface area contributed by atoms with Crippen LogP contribution >= 0.6 is 24.0 Å². The van der Waals surface area contributed by atoms with E-state index in [4.69, 9.17) is 40.4 Å². The largest absolute Gasteiger partial charge is 0.447 e. The van der Waals surface area contributed by atoms with Crippen molar-refractivity contribution in [1.29, 1.82) is 0 Å². The maximum atomic E-state index is 11.2. The van der Waals surface area contributed by atoms with Crippen molar-refractivity contribution in [2.75, 3.05) is 39.2 Å². The Hall–Kier alpha value is -1.21. The van der Waals surface area contributed by atoms with E-state index in [1.54, 1.807) is 38.1 Å². The van der Waals surface area contributed by atoms with Gasteiger partial charge in [-0.25, -0.2) is 4.79 Å². The summed E-state index contributed by atoms with van der Waals surface area (Å²) >= 11 is 5.74. The second-order valence-corrected chi connectivity index (χ2v) is 9.84. The Bertz CT molecular complexity index is 799. The molecule has 0 saturated carbocycles. The van der Waals surface area contributed by atoms with Crippen LogP contribution in [0.4, 0.5) is 10.5 Å². The number of nitrogens with zero attached hydrogens (tertiary/aromatic N) is 1. The lowest BCUT2D eigenvalue weighted by Crippen LogP contribution is -2.44. The minimum Gasteiger partial charge on any atom is -0.447 e. The van der Waals surface area contributed by atoms with E-state index in [0.717, 1.165) is 13.0 Å². The van der Waals surface area contributed by atoms with Crippen LogP contribution in [0.1, 0.15) is 34.1 Å². The number of benzene rings is 1. The van der Waals surface area contributed by atoms with E-state index in [9.17, 15) is 9.90 Å². The lowest BCUT2D eigenvalue weighted by molar-refractivity contribution is -0.231. The third kappa shape index (κ3) is 10.6. The average Bonchev–Trinajstić information content (AvgIpc) is 3.22. The number of hydrogen-bond acceptors (Lipinski definition) is 9. The molecule has 12 heteroatoms.